The summed E-state index contributed by atoms with van der Waals surface area (Å²) in [5.74, 6) is 1.53. The van der Waals surface area contributed by atoms with Crippen LogP contribution in [0.15, 0.2) is 6.20 Å². The highest BCUT2D eigenvalue weighted by Crippen LogP contribution is 2.17. The van der Waals surface area contributed by atoms with Gasteiger partial charge in [-0.3, -0.25) is 0 Å². The predicted octanol–water partition coefficient (Wildman–Crippen LogP) is 3.37. The molecule has 0 saturated heterocycles. The topological polar surface area (TPSA) is 50.7 Å². The summed E-state index contributed by atoms with van der Waals surface area (Å²) in [5, 5.41) is 5.28. The molecule has 0 aromatic carbocycles. The van der Waals surface area contributed by atoms with E-state index in [-0.39, 0.29) is 0 Å². The minimum absolute atomic E-state index is 0.596. The molecule has 2 aromatic heterocycles. The van der Waals surface area contributed by atoms with E-state index in [0.29, 0.717) is 5.92 Å². The monoisotopic (exact) mass is 282 g/mol. The first kappa shape index (κ1) is 13.4. The molecule has 0 radical (unpaired) electrons. The van der Waals surface area contributed by atoms with Crippen LogP contribution in [-0.2, 0) is 19.4 Å². The first-order valence-electron chi connectivity index (χ1n) is 6.17. The van der Waals surface area contributed by atoms with Gasteiger partial charge in [0.25, 0.3) is 0 Å². The summed E-state index contributed by atoms with van der Waals surface area (Å²) in [5.41, 5.74) is 0. The highest BCUT2D eigenvalue weighted by Gasteiger charge is 2.06. The molecule has 0 fully saturated rings. The fourth-order valence-electron chi connectivity index (χ4n) is 1.52. The van der Waals surface area contributed by atoms with Crippen molar-refractivity contribution in [2.75, 3.05) is 5.32 Å². The second-order valence-corrected chi connectivity index (χ2v) is 6.49. The van der Waals surface area contributed by atoms with Gasteiger partial charge >= 0.3 is 0 Å². The molecule has 0 aliphatic heterocycles. The molecule has 4 nitrogen and oxygen atoms in total. The molecule has 98 valence electrons. The first-order valence-corrected chi connectivity index (χ1v) is 7.76. The third-order valence-electron chi connectivity index (χ3n) is 2.40. The van der Waals surface area contributed by atoms with E-state index in [1.54, 1.807) is 11.3 Å². The number of rotatable bonds is 6. The number of hydrogen-bond acceptors (Lipinski definition) is 6. The molecule has 0 aliphatic carbocycles. The van der Waals surface area contributed by atoms with Crippen LogP contribution in [0.1, 0.15) is 36.5 Å². The maximum absolute atomic E-state index is 4.47. The highest BCUT2D eigenvalue weighted by molar-refractivity contribution is 7.11. The Morgan fingerprint density at radius 1 is 1.39 bits per heavy atom. The molecule has 1 N–H and O–H groups in total. The lowest BCUT2D eigenvalue weighted by Crippen LogP contribution is -1.99. The van der Waals surface area contributed by atoms with Gasteiger partial charge in [-0.25, -0.2) is 9.97 Å². The molecule has 0 amide bonds. The Bertz CT molecular complexity index is 490. The number of thiazole rings is 1. The van der Waals surface area contributed by atoms with Crippen LogP contribution < -0.4 is 5.32 Å². The van der Waals surface area contributed by atoms with Gasteiger partial charge in [0.2, 0.25) is 5.13 Å². The van der Waals surface area contributed by atoms with E-state index in [1.807, 2.05) is 6.20 Å². The molecule has 0 spiro atoms. The van der Waals surface area contributed by atoms with E-state index < -0.39 is 0 Å². The Hall–Kier alpha value is -1.01. The van der Waals surface area contributed by atoms with Crippen molar-refractivity contribution in [2.24, 2.45) is 5.92 Å². The molecular weight excluding hydrogens is 264 g/mol. The molecule has 0 saturated carbocycles. The van der Waals surface area contributed by atoms with Gasteiger partial charge in [0, 0.05) is 29.0 Å². The average Bonchev–Trinajstić information content (AvgIpc) is 2.94. The molecule has 0 unspecified atom stereocenters. The van der Waals surface area contributed by atoms with Crippen molar-refractivity contribution >= 4 is 28.0 Å². The fraction of sp³-hybridized carbons (Fsp3) is 0.583. The lowest BCUT2D eigenvalue weighted by molar-refractivity contribution is 0.627. The maximum Gasteiger partial charge on any atom is 0.202 e. The van der Waals surface area contributed by atoms with Gasteiger partial charge in [-0.15, -0.1) is 11.3 Å². The Kier molecular flexibility index (Phi) is 4.66. The van der Waals surface area contributed by atoms with Crippen molar-refractivity contribution in [2.45, 2.75) is 40.2 Å². The number of aryl methyl sites for hydroxylation is 1. The van der Waals surface area contributed by atoms with Crippen LogP contribution in [0.5, 0.6) is 0 Å². The summed E-state index contributed by atoms with van der Waals surface area (Å²) in [7, 11) is 0. The highest BCUT2D eigenvalue weighted by atomic mass is 32.1. The summed E-state index contributed by atoms with van der Waals surface area (Å²) in [6, 6.07) is 0. The molecule has 18 heavy (non-hydrogen) atoms. The third kappa shape index (κ3) is 3.74. The molecule has 0 aliphatic rings. The quantitative estimate of drug-likeness (QED) is 0.882. The van der Waals surface area contributed by atoms with Gasteiger partial charge in [0.15, 0.2) is 0 Å². The minimum atomic E-state index is 0.596. The van der Waals surface area contributed by atoms with Crippen molar-refractivity contribution in [3.8, 4) is 0 Å². The van der Waals surface area contributed by atoms with Crippen LogP contribution >= 0.6 is 22.9 Å². The number of hydrogen-bond donors (Lipinski definition) is 1. The van der Waals surface area contributed by atoms with E-state index in [4.69, 9.17) is 0 Å². The predicted molar refractivity (Wildman–Crippen MR) is 77.3 cm³/mol. The van der Waals surface area contributed by atoms with Crippen molar-refractivity contribution in [1.29, 1.82) is 0 Å². The van der Waals surface area contributed by atoms with Crippen molar-refractivity contribution in [1.82, 2.24) is 14.3 Å². The molecule has 0 bridgehead atoms. The van der Waals surface area contributed by atoms with Gasteiger partial charge in [-0.05, 0) is 12.3 Å². The third-order valence-corrected chi connectivity index (χ3v) is 4.25. The van der Waals surface area contributed by atoms with E-state index in [2.05, 4.69) is 40.4 Å². The number of anilines is 1. The molecule has 2 heterocycles. The van der Waals surface area contributed by atoms with Gasteiger partial charge in [0.05, 0.1) is 6.54 Å². The molecule has 2 aromatic rings. The van der Waals surface area contributed by atoms with Crippen LogP contribution in [0.2, 0.25) is 0 Å². The Morgan fingerprint density at radius 2 is 2.22 bits per heavy atom. The van der Waals surface area contributed by atoms with E-state index in [0.717, 1.165) is 35.3 Å². The lowest BCUT2D eigenvalue weighted by Gasteiger charge is -1.99. The smallest absolute Gasteiger partial charge is 0.202 e. The molecule has 6 heteroatoms. The Morgan fingerprint density at radius 3 is 2.89 bits per heavy atom. The van der Waals surface area contributed by atoms with Crippen LogP contribution in [0.25, 0.3) is 0 Å². The minimum Gasteiger partial charge on any atom is -0.354 e. The van der Waals surface area contributed by atoms with E-state index in [9.17, 15) is 0 Å². The standard InChI is InChI=1S/C12H18N4S2/c1-4-9-6-13-11(17-9)7-14-12-15-10(16-18-12)5-8(2)3/h6,8H,4-5,7H2,1-3H3,(H,14,15,16). The van der Waals surface area contributed by atoms with E-state index >= 15 is 0 Å². The molecule has 2 rings (SSSR count). The maximum atomic E-state index is 4.47. The van der Waals surface area contributed by atoms with E-state index in [1.165, 1.54) is 16.4 Å². The van der Waals surface area contributed by atoms with Crippen molar-refractivity contribution < 1.29 is 0 Å². The lowest BCUT2D eigenvalue weighted by atomic mass is 10.1. The first-order chi connectivity index (χ1) is 8.67. The number of nitrogens with one attached hydrogen (secondary N) is 1. The van der Waals surface area contributed by atoms with Crippen molar-refractivity contribution in [3.05, 3.63) is 21.9 Å². The van der Waals surface area contributed by atoms with Gasteiger partial charge in [0.1, 0.15) is 10.8 Å². The SMILES string of the molecule is CCc1cnc(CNc2nc(CC(C)C)ns2)s1. The van der Waals surface area contributed by atoms with Gasteiger partial charge in [-0.1, -0.05) is 20.8 Å². The van der Waals surface area contributed by atoms with Crippen LogP contribution in [0.4, 0.5) is 5.13 Å². The summed E-state index contributed by atoms with van der Waals surface area (Å²) in [6.07, 6.45) is 3.94. The summed E-state index contributed by atoms with van der Waals surface area (Å²) >= 11 is 3.18. The van der Waals surface area contributed by atoms with Crippen molar-refractivity contribution in [3.63, 3.8) is 0 Å². The van der Waals surface area contributed by atoms with Crippen LogP contribution in [-0.4, -0.2) is 14.3 Å². The summed E-state index contributed by atoms with van der Waals surface area (Å²) in [6.45, 7) is 7.24. The fourth-order valence-corrected chi connectivity index (χ4v) is 2.91. The average molecular weight is 282 g/mol. The summed E-state index contributed by atoms with van der Waals surface area (Å²) in [4.78, 5) is 10.2. The van der Waals surface area contributed by atoms with Crippen LogP contribution in [0.3, 0.4) is 0 Å². The van der Waals surface area contributed by atoms with Crippen LogP contribution in [0, 0.1) is 5.92 Å². The second kappa shape index (κ2) is 6.24. The molecular formula is C12H18N4S2. The Balaban J connectivity index is 1.87. The number of aromatic nitrogens is 3. The zero-order chi connectivity index (χ0) is 13.0. The Labute approximate surface area is 116 Å². The van der Waals surface area contributed by atoms with Gasteiger partial charge in [-0.2, -0.15) is 4.37 Å². The zero-order valence-corrected chi connectivity index (χ0v) is 12.6. The number of nitrogens with zero attached hydrogens (tertiary/aromatic N) is 3. The largest absolute Gasteiger partial charge is 0.354 e. The normalized spacial score (nSPS) is 11.1. The second-order valence-electron chi connectivity index (χ2n) is 4.54. The zero-order valence-electron chi connectivity index (χ0n) is 10.9. The summed E-state index contributed by atoms with van der Waals surface area (Å²) < 4.78 is 4.34. The molecule has 0 atom stereocenters. The van der Waals surface area contributed by atoms with Gasteiger partial charge < -0.3 is 5.32 Å².